The Morgan fingerprint density at radius 1 is 0.955 bits per heavy atom. The molecule has 1 aliphatic heterocycles. The summed E-state index contributed by atoms with van der Waals surface area (Å²) in [5.74, 6) is 0.221. The number of carbonyl (C=O) groups is 1. The van der Waals surface area contributed by atoms with E-state index in [1.165, 1.54) is 0 Å². The van der Waals surface area contributed by atoms with Crippen molar-refractivity contribution in [3.05, 3.63) is 71.5 Å². The lowest BCUT2D eigenvalue weighted by Gasteiger charge is -2.08. The Hall–Kier alpha value is -2.43. The fraction of sp³-hybridized carbons (Fsp3) is 0.167. The van der Waals surface area contributed by atoms with Crippen LogP contribution in [-0.4, -0.2) is 19.0 Å². The van der Waals surface area contributed by atoms with Crippen LogP contribution in [-0.2, 0) is 9.47 Å². The molecular weight excluding hydrogens is 280 g/mol. The molecule has 0 unspecified atom stereocenters. The monoisotopic (exact) mass is 294 g/mol. The van der Waals surface area contributed by atoms with Crippen LogP contribution >= 0.6 is 0 Å². The lowest BCUT2D eigenvalue weighted by Crippen LogP contribution is -1.98. The lowest BCUT2D eigenvalue weighted by atomic mass is 10.1. The molecule has 0 saturated carbocycles. The predicted molar refractivity (Wildman–Crippen MR) is 80.7 cm³/mol. The van der Waals surface area contributed by atoms with Crippen molar-refractivity contribution in [1.29, 1.82) is 0 Å². The number of ketones is 1. The number of rotatable bonds is 3. The zero-order valence-electron chi connectivity index (χ0n) is 11.8. The number of benzene rings is 2. The van der Waals surface area contributed by atoms with E-state index in [1.807, 2.05) is 36.4 Å². The molecule has 4 rings (SSSR count). The molecule has 110 valence electrons. The Balaban J connectivity index is 1.70. The Bertz CT molecular complexity index is 813. The number of hydrogen-bond donors (Lipinski definition) is 0. The summed E-state index contributed by atoms with van der Waals surface area (Å²) >= 11 is 0. The molecule has 22 heavy (non-hydrogen) atoms. The molecule has 1 saturated heterocycles. The molecule has 0 N–H and O–H groups in total. The van der Waals surface area contributed by atoms with Crippen molar-refractivity contribution in [2.24, 2.45) is 0 Å². The van der Waals surface area contributed by atoms with E-state index in [2.05, 4.69) is 0 Å². The van der Waals surface area contributed by atoms with Gasteiger partial charge in [-0.1, -0.05) is 36.4 Å². The van der Waals surface area contributed by atoms with Gasteiger partial charge in [-0.3, -0.25) is 4.79 Å². The van der Waals surface area contributed by atoms with Gasteiger partial charge in [0.15, 0.2) is 12.1 Å². The van der Waals surface area contributed by atoms with Crippen molar-refractivity contribution >= 4 is 16.8 Å². The molecule has 0 bridgehead atoms. The van der Waals surface area contributed by atoms with E-state index in [4.69, 9.17) is 13.9 Å². The van der Waals surface area contributed by atoms with Crippen molar-refractivity contribution in [1.82, 2.24) is 0 Å². The highest BCUT2D eigenvalue weighted by Gasteiger charge is 2.20. The van der Waals surface area contributed by atoms with Gasteiger partial charge < -0.3 is 13.9 Å². The molecule has 1 aromatic heterocycles. The maximum absolute atomic E-state index is 12.4. The maximum atomic E-state index is 12.4. The zero-order valence-corrected chi connectivity index (χ0v) is 11.8. The third kappa shape index (κ3) is 2.32. The van der Waals surface area contributed by atoms with E-state index in [9.17, 15) is 4.79 Å². The molecule has 0 radical (unpaired) electrons. The Kier molecular flexibility index (Phi) is 3.25. The van der Waals surface area contributed by atoms with Gasteiger partial charge in [0.1, 0.15) is 5.58 Å². The van der Waals surface area contributed by atoms with Gasteiger partial charge >= 0.3 is 0 Å². The molecule has 4 nitrogen and oxygen atoms in total. The van der Waals surface area contributed by atoms with Gasteiger partial charge in [0.25, 0.3) is 0 Å². The zero-order chi connectivity index (χ0) is 14.9. The van der Waals surface area contributed by atoms with Crippen LogP contribution in [0.3, 0.4) is 0 Å². The molecule has 2 aromatic carbocycles. The lowest BCUT2D eigenvalue weighted by molar-refractivity contribution is -0.0440. The topological polar surface area (TPSA) is 48.7 Å². The Morgan fingerprint density at radius 2 is 1.73 bits per heavy atom. The number of carbonyl (C=O) groups excluding carboxylic acids is 1. The minimum absolute atomic E-state index is 0.119. The normalized spacial score (nSPS) is 15.5. The average molecular weight is 294 g/mol. The van der Waals surface area contributed by atoms with Gasteiger partial charge in [-0.25, -0.2) is 0 Å². The van der Waals surface area contributed by atoms with Crippen molar-refractivity contribution in [2.45, 2.75) is 6.29 Å². The van der Waals surface area contributed by atoms with Crippen LogP contribution in [0.15, 0.2) is 59.0 Å². The second-order valence-electron chi connectivity index (χ2n) is 5.18. The van der Waals surface area contributed by atoms with Crippen LogP contribution in [0.4, 0.5) is 0 Å². The molecule has 3 aromatic rings. The van der Waals surface area contributed by atoms with Gasteiger partial charge in [-0.15, -0.1) is 0 Å². The first-order valence-corrected chi connectivity index (χ1v) is 7.18. The molecule has 1 aliphatic rings. The van der Waals surface area contributed by atoms with Gasteiger partial charge in [0, 0.05) is 16.5 Å². The molecule has 0 amide bonds. The summed E-state index contributed by atoms with van der Waals surface area (Å²) in [6.45, 7) is 1.21. The van der Waals surface area contributed by atoms with Crippen LogP contribution in [0.2, 0.25) is 0 Å². The summed E-state index contributed by atoms with van der Waals surface area (Å²) in [7, 11) is 0. The van der Waals surface area contributed by atoms with E-state index >= 15 is 0 Å². The third-order valence-electron chi connectivity index (χ3n) is 3.69. The summed E-state index contributed by atoms with van der Waals surface area (Å²) in [4.78, 5) is 12.4. The summed E-state index contributed by atoms with van der Waals surface area (Å²) in [5.41, 5.74) is 2.23. The third-order valence-corrected chi connectivity index (χ3v) is 3.69. The van der Waals surface area contributed by atoms with Crippen LogP contribution in [0.1, 0.15) is 28.0 Å². The highest BCUT2D eigenvalue weighted by Crippen LogP contribution is 2.28. The largest absolute Gasteiger partial charge is 0.453 e. The summed E-state index contributed by atoms with van der Waals surface area (Å²) in [6.07, 6.45) is -0.326. The van der Waals surface area contributed by atoms with Crippen molar-refractivity contribution in [3.63, 3.8) is 0 Å². The summed E-state index contributed by atoms with van der Waals surface area (Å²) in [6, 6.07) is 16.6. The minimum Gasteiger partial charge on any atom is -0.453 e. The minimum atomic E-state index is -0.326. The molecule has 0 aliphatic carbocycles. The quantitative estimate of drug-likeness (QED) is 0.691. The molecule has 0 spiro atoms. The van der Waals surface area contributed by atoms with Crippen molar-refractivity contribution in [2.75, 3.05) is 13.2 Å². The number of fused-ring (bicyclic) bond motifs is 1. The molecule has 2 heterocycles. The average Bonchev–Trinajstić information content (AvgIpc) is 3.23. The molecule has 0 atom stereocenters. The maximum Gasteiger partial charge on any atom is 0.228 e. The number of furan rings is 1. The van der Waals surface area contributed by atoms with E-state index in [0.29, 0.717) is 30.1 Å². The fourth-order valence-corrected chi connectivity index (χ4v) is 2.60. The van der Waals surface area contributed by atoms with Gasteiger partial charge in [0.2, 0.25) is 5.78 Å². The first-order valence-electron chi connectivity index (χ1n) is 7.18. The van der Waals surface area contributed by atoms with E-state index in [1.54, 1.807) is 18.2 Å². The van der Waals surface area contributed by atoms with Crippen molar-refractivity contribution < 1.29 is 18.7 Å². The summed E-state index contributed by atoms with van der Waals surface area (Å²) in [5, 5.41) is 0.871. The molecular formula is C18H14O4. The standard InChI is InChI=1S/C18H14O4/c19-17(12-4-2-1-3-5-12)16-11-14-10-13(6-7-15(14)22-16)18-20-8-9-21-18/h1-7,10-11,18H,8-9H2. The fourth-order valence-electron chi connectivity index (χ4n) is 2.60. The second-order valence-corrected chi connectivity index (χ2v) is 5.18. The number of hydrogen-bond acceptors (Lipinski definition) is 4. The van der Waals surface area contributed by atoms with Gasteiger partial charge in [-0.2, -0.15) is 0 Å². The number of ether oxygens (including phenoxy) is 2. The Labute approximate surface area is 127 Å². The highest BCUT2D eigenvalue weighted by atomic mass is 16.7. The summed E-state index contributed by atoms with van der Waals surface area (Å²) < 4.78 is 16.7. The van der Waals surface area contributed by atoms with Crippen molar-refractivity contribution in [3.8, 4) is 0 Å². The SMILES string of the molecule is O=C(c1ccccc1)c1cc2cc(C3OCCO3)ccc2o1. The van der Waals surface area contributed by atoms with Gasteiger partial charge in [0.05, 0.1) is 13.2 Å². The highest BCUT2D eigenvalue weighted by molar-refractivity contribution is 6.08. The first-order chi connectivity index (χ1) is 10.8. The second kappa shape index (κ2) is 5.40. The van der Waals surface area contributed by atoms with Crippen LogP contribution < -0.4 is 0 Å². The van der Waals surface area contributed by atoms with Crippen LogP contribution in [0, 0.1) is 0 Å². The van der Waals surface area contributed by atoms with E-state index in [0.717, 1.165) is 10.9 Å². The van der Waals surface area contributed by atoms with Crippen LogP contribution in [0.25, 0.3) is 11.0 Å². The molecule has 1 fully saturated rings. The Morgan fingerprint density at radius 3 is 2.50 bits per heavy atom. The van der Waals surface area contributed by atoms with E-state index in [-0.39, 0.29) is 12.1 Å². The first kappa shape index (κ1) is 13.2. The van der Waals surface area contributed by atoms with Gasteiger partial charge in [-0.05, 0) is 18.2 Å². The van der Waals surface area contributed by atoms with Crippen LogP contribution in [0.5, 0.6) is 0 Å². The predicted octanol–water partition coefficient (Wildman–Crippen LogP) is 3.71. The molecule has 4 heteroatoms. The smallest absolute Gasteiger partial charge is 0.228 e. The van der Waals surface area contributed by atoms with E-state index < -0.39 is 0 Å².